The number of aliphatic carboxylic acids is 1. The molecule has 2 nitrogen and oxygen atoms in total. The van der Waals surface area contributed by atoms with Crippen LogP contribution in [0.5, 0.6) is 0 Å². The van der Waals surface area contributed by atoms with Gasteiger partial charge in [0.1, 0.15) is 0 Å². The second kappa shape index (κ2) is 11.7. The van der Waals surface area contributed by atoms with Crippen molar-refractivity contribution in [1.82, 2.24) is 0 Å². The number of hydrogen-bond acceptors (Lipinski definition) is 1. The van der Waals surface area contributed by atoms with E-state index >= 15 is 0 Å². The smallest absolute Gasteiger partial charge is 0.331 e. The second-order valence-corrected chi connectivity index (χ2v) is 4.69. The molecule has 0 aromatic heterocycles. The zero-order valence-corrected chi connectivity index (χ0v) is 11.5. The fourth-order valence-electron chi connectivity index (χ4n) is 1.89. The molecule has 0 amide bonds. The summed E-state index contributed by atoms with van der Waals surface area (Å²) < 4.78 is 0. The van der Waals surface area contributed by atoms with Crippen LogP contribution in [0.3, 0.4) is 0 Å². The van der Waals surface area contributed by atoms with Crippen molar-refractivity contribution in [3.05, 3.63) is 11.6 Å². The SMILES string of the molecule is CCCCCC/C=C(/CCCCCC)C(=O)O. The zero-order chi connectivity index (χ0) is 12.9. The Morgan fingerprint density at radius 3 is 2.06 bits per heavy atom. The van der Waals surface area contributed by atoms with Crippen molar-refractivity contribution in [3.8, 4) is 0 Å². The summed E-state index contributed by atoms with van der Waals surface area (Å²) in [6.07, 6.45) is 13.0. The molecule has 0 radical (unpaired) electrons. The molecule has 1 N–H and O–H groups in total. The van der Waals surface area contributed by atoms with Gasteiger partial charge < -0.3 is 5.11 Å². The van der Waals surface area contributed by atoms with Gasteiger partial charge in [-0.25, -0.2) is 4.79 Å². The summed E-state index contributed by atoms with van der Waals surface area (Å²) in [4.78, 5) is 11.0. The molecule has 0 aliphatic heterocycles. The summed E-state index contributed by atoms with van der Waals surface area (Å²) in [6, 6.07) is 0. The predicted molar refractivity (Wildman–Crippen MR) is 73.2 cm³/mol. The number of hydrogen-bond donors (Lipinski definition) is 1. The first-order valence-corrected chi connectivity index (χ1v) is 7.14. The van der Waals surface area contributed by atoms with E-state index in [9.17, 15) is 4.79 Å². The van der Waals surface area contributed by atoms with Gasteiger partial charge in [0.25, 0.3) is 0 Å². The lowest BCUT2D eigenvalue weighted by Gasteiger charge is -2.02. The van der Waals surface area contributed by atoms with Crippen LogP contribution in [0.15, 0.2) is 11.6 Å². The fraction of sp³-hybridized carbons (Fsp3) is 0.800. The highest BCUT2D eigenvalue weighted by molar-refractivity contribution is 5.86. The monoisotopic (exact) mass is 240 g/mol. The predicted octanol–water partition coefficient (Wildman–Crippen LogP) is 4.94. The van der Waals surface area contributed by atoms with Crippen LogP contribution in [-0.2, 0) is 4.79 Å². The molecule has 0 fully saturated rings. The molecule has 0 aliphatic carbocycles. The molecule has 2 heteroatoms. The maximum Gasteiger partial charge on any atom is 0.331 e. The van der Waals surface area contributed by atoms with Crippen molar-refractivity contribution in [3.63, 3.8) is 0 Å². The van der Waals surface area contributed by atoms with Crippen LogP contribution in [0.4, 0.5) is 0 Å². The average molecular weight is 240 g/mol. The van der Waals surface area contributed by atoms with E-state index in [4.69, 9.17) is 5.11 Å². The van der Waals surface area contributed by atoms with E-state index in [1.807, 2.05) is 6.08 Å². The Morgan fingerprint density at radius 2 is 1.53 bits per heavy atom. The first-order valence-electron chi connectivity index (χ1n) is 7.14. The maximum atomic E-state index is 11.0. The van der Waals surface area contributed by atoms with Crippen LogP contribution in [0, 0.1) is 0 Å². The number of carboxylic acid groups (broad SMARTS) is 1. The topological polar surface area (TPSA) is 37.3 Å². The first-order chi connectivity index (χ1) is 8.22. The van der Waals surface area contributed by atoms with E-state index in [1.54, 1.807) is 0 Å². The Labute approximate surface area is 106 Å². The third-order valence-electron chi connectivity index (χ3n) is 3.02. The minimum absolute atomic E-state index is 0.623. The second-order valence-electron chi connectivity index (χ2n) is 4.69. The highest BCUT2D eigenvalue weighted by Gasteiger charge is 2.05. The maximum absolute atomic E-state index is 11.0. The van der Waals surface area contributed by atoms with Gasteiger partial charge in [-0.1, -0.05) is 58.4 Å². The summed E-state index contributed by atoms with van der Waals surface area (Å²) in [6.45, 7) is 4.36. The molecule has 0 atom stereocenters. The molecule has 17 heavy (non-hydrogen) atoms. The van der Waals surface area contributed by atoms with Crippen LogP contribution in [0.2, 0.25) is 0 Å². The molecule has 100 valence electrons. The highest BCUT2D eigenvalue weighted by atomic mass is 16.4. The molecule has 0 aromatic rings. The summed E-state index contributed by atoms with van der Waals surface area (Å²) in [5, 5.41) is 9.06. The van der Waals surface area contributed by atoms with Gasteiger partial charge in [-0.05, 0) is 25.7 Å². The number of allylic oxidation sites excluding steroid dienone is 1. The Bertz CT molecular complexity index is 219. The minimum atomic E-state index is -0.725. The zero-order valence-electron chi connectivity index (χ0n) is 11.5. The van der Waals surface area contributed by atoms with Crippen LogP contribution < -0.4 is 0 Å². The number of carbonyl (C=O) groups is 1. The fourth-order valence-corrected chi connectivity index (χ4v) is 1.89. The van der Waals surface area contributed by atoms with Gasteiger partial charge in [0, 0.05) is 5.57 Å². The van der Waals surface area contributed by atoms with Crippen molar-refractivity contribution in [2.45, 2.75) is 78.1 Å². The van der Waals surface area contributed by atoms with E-state index in [0.717, 1.165) is 32.1 Å². The van der Waals surface area contributed by atoms with Crippen molar-refractivity contribution < 1.29 is 9.90 Å². The lowest BCUT2D eigenvalue weighted by Crippen LogP contribution is -2.00. The Balaban J connectivity index is 3.79. The van der Waals surface area contributed by atoms with Gasteiger partial charge in [0.05, 0.1) is 0 Å². The molecule has 0 rings (SSSR count). The van der Waals surface area contributed by atoms with Crippen LogP contribution in [0.1, 0.15) is 78.1 Å². The minimum Gasteiger partial charge on any atom is -0.478 e. The normalized spacial score (nSPS) is 11.8. The Hall–Kier alpha value is -0.790. The third kappa shape index (κ3) is 10.1. The summed E-state index contributed by atoms with van der Waals surface area (Å²) >= 11 is 0. The summed E-state index contributed by atoms with van der Waals surface area (Å²) in [7, 11) is 0. The average Bonchev–Trinajstić information content (AvgIpc) is 2.31. The van der Waals surface area contributed by atoms with Gasteiger partial charge in [0.15, 0.2) is 0 Å². The van der Waals surface area contributed by atoms with E-state index in [1.165, 1.54) is 32.1 Å². The van der Waals surface area contributed by atoms with E-state index in [0.29, 0.717) is 5.57 Å². The molecule has 0 bridgehead atoms. The Morgan fingerprint density at radius 1 is 0.941 bits per heavy atom. The van der Waals surface area contributed by atoms with Crippen molar-refractivity contribution >= 4 is 5.97 Å². The standard InChI is InChI=1S/C15H28O2/c1-3-5-7-9-11-13-14(15(16)17)12-10-8-6-4-2/h13H,3-12H2,1-2H3,(H,16,17)/b14-13-. The van der Waals surface area contributed by atoms with Gasteiger partial charge in [-0.15, -0.1) is 0 Å². The highest BCUT2D eigenvalue weighted by Crippen LogP contribution is 2.13. The van der Waals surface area contributed by atoms with Gasteiger partial charge >= 0.3 is 5.97 Å². The quantitative estimate of drug-likeness (QED) is 0.410. The molecule has 0 aromatic carbocycles. The van der Waals surface area contributed by atoms with Gasteiger partial charge in [0.2, 0.25) is 0 Å². The van der Waals surface area contributed by atoms with E-state index < -0.39 is 5.97 Å². The molecular weight excluding hydrogens is 212 g/mol. The van der Waals surface area contributed by atoms with Crippen molar-refractivity contribution in [2.75, 3.05) is 0 Å². The van der Waals surface area contributed by atoms with Gasteiger partial charge in [-0.2, -0.15) is 0 Å². The molecular formula is C15H28O2. The van der Waals surface area contributed by atoms with Crippen molar-refractivity contribution in [1.29, 1.82) is 0 Å². The van der Waals surface area contributed by atoms with E-state index in [-0.39, 0.29) is 0 Å². The molecule has 0 unspecified atom stereocenters. The number of unbranched alkanes of at least 4 members (excludes halogenated alkanes) is 7. The largest absolute Gasteiger partial charge is 0.478 e. The molecule has 0 spiro atoms. The van der Waals surface area contributed by atoms with E-state index in [2.05, 4.69) is 13.8 Å². The summed E-state index contributed by atoms with van der Waals surface area (Å²) in [5.74, 6) is -0.725. The van der Waals surface area contributed by atoms with Gasteiger partial charge in [-0.3, -0.25) is 0 Å². The molecule has 0 saturated carbocycles. The Kier molecular flexibility index (Phi) is 11.1. The third-order valence-corrected chi connectivity index (χ3v) is 3.02. The van der Waals surface area contributed by atoms with Crippen LogP contribution in [0.25, 0.3) is 0 Å². The summed E-state index contributed by atoms with van der Waals surface area (Å²) in [5.41, 5.74) is 0.623. The number of rotatable bonds is 11. The lowest BCUT2D eigenvalue weighted by atomic mass is 10.0. The first kappa shape index (κ1) is 16.2. The number of carboxylic acids is 1. The molecule has 0 saturated heterocycles. The lowest BCUT2D eigenvalue weighted by molar-refractivity contribution is -0.132. The van der Waals surface area contributed by atoms with Crippen molar-refractivity contribution in [2.24, 2.45) is 0 Å². The van der Waals surface area contributed by atoms with Crippen LogP contribution in [-0.4, -0.2) is 11.1 Å². The van der Waals surface area contributed by atoms with Crippen LogP contribution >= 0.6 is 0 Å². The molecule has 0 aliphatic rings. The molecule has 0 heterocycles.